The molecule has 0 amide bonds. The second-order valence-corrected chi connectivity index (χ2v) is 2.98. The molecule has 2 nitrogen and oxygen atoms in total. The molecule has 0 aromatic rings. The summed E-state index contributed by atoms with van der Waals surface area (Å²) in [5.41, 5.74) is 0. The number of hydrogen-bond donors (Lipinski definition) is 2. The van der Waals surface area contributed by atoms with E-state index in [1.165, 1.54) is 38.8 Å². The molecule has 0 bridgehead atoms. The predicted octanol–water partition coefficient (Wildman–Crippen LogP) is 2.79. The molecule has 4 N–H and O–H groups in total. The first kappa shape index (κ1) is 18.3. The van der Waals surface area contributed by atoms with Crippen LogP contribution in [0, 0.1) is 5.92 Å². The third-order valence-corrected chi connectivity index (χ3v) is 2.16. The SMILES string of the molecule is CCCC1CCNCC1.Cl.Cl.N. The molecule has 0 saturated carbocycles. The third kappa shape index (κ3) is 7.17. The molecule has 0 radical (unpaired) electrons. The van der Waals surface area contributed by atoms with E-state index in [0.717, 1.165) is 5.92 Å². The molecule has 0 aliphatic carbocycles. The molecule has 78 valence electrons. The smallest absolute Gasteiger partial charge is 0.00463 e. The Bertz CT molecular complexity index is 72.7. The molecule has 0 spiro atoms. The Kier molecular flexibility index (Phi) is 17.6. The zero-order valence-electron chi connectivity index (χ0n) is 7.84. The maximum absolute atomic E-state index is 3.37. The minimum absolute atomic E-state index is 0. The molecule has 1 aliphatic rings. The summed E-state index contributed by atoms with van der Waals surface area (Å²) in [6.45, 7) is 4.79. The average molecular weight is 217 g/mol. The highest BCUT2D eigenvalue weighted by molar-refractivity contribution is 5.85. The molecule has 1 rings (SSSR count). The van der Waals surface area contributed by atoms with Crippen molar-refractivity contribution < 1.29 is 0 Å². The van der Waals surface area contributed by atoms with Crippen LogP contribution in [-0.2, 0) is 0 Å². The van der Waals surface area contributed by atoms with Crippen LogP contribution in [0.3, 0.4) is 0 Å². The number of piperidine rings is 1. The van der Waals surface area contributed by atoms with Gasteiger partial charge in [-0.2, -0.15) is 0 Å². The van der Waals surface area contributed by atoms with Crippen molar-refractivity contribution in [3.8, 4) is 0 Å². The van der Waals surface area contributed by atoms with Gasteiger partial charge in [0.1, 0.15) is 0 Å². The predicted molar refractivity (Wildman–Crippen MR) is 60.0 cm³/mol. The van der Waals surface area contributed by atoms with Crippen LogP contribution >= 0.6 is 24.8 Å². The molecule has 1 heterocycles. The minimum Gasteiger partial charge on any atom is -0.344 e. The Hall–Kier alpha value is 0.500. The van der Waals surface area contributed by atoms with Crippen LogP contribution in [0.25, 0.3) is 0 Å². The van der Waals surface area contributed by atoms with E-state index < -0.39 is 0 Å². The van der Waals surface area contributed by atoms with Gasteiger partial charge < -0.3 is 11.5 Å². The summed E-state index contributed by atoms with van der Waals surface area (Å²) in [4.78, 5) is 0. The van der Waals surface area contributed by atoms with Crippen molar-refractivity contribution in [3.63, 3.8) is 0 Å². The summed E-state index contributed by atoms with van der Waals surface area (Å²) in [6, 6.07) is 0. The van der Waals surface area contributed by atoms with Gasteiger partial charge in [0.25, 0.3) is 0 Å². The lowest BCUT2D eigenvalue weighted by atomic mass is 9.94. The highest BCUT2D eigenvalue weighted by Gasteiger charge is 2.10. The summed E-state index contributed by atoms with van der Waals surface area (Å²) < 4.78 is 0. The van der Waals surface area contributed by atoms with Gasteiger partial charge in [0.2, 0.25) is 0 Å². The van der Waals surface area contributed by atoms with E-state index in [4.69, 9.17) is 0 Å². The van der Waals surface area contributed by atoms with Crippen LogP contribution in [0.2, 0.25) is 0 Å². The molecule has 0 aromatic heterocycles. The summed E-state index contributed by atoms with van der Waals surface area (Å²) in [7, 11) is 0. The fourth-order valence-electron chi connectivity index (χ4n) is 1.58. The van der Waals surface area contributed by atoms with Gasteiger partial charge in [-0.1, -0.05) is 19.8 Å². The normalized spacial score (nSPS) is 16.8. The number of rotatable bonds is 2. The van der Waals surface area contributed by atoms with E-state index in [1.807, 2.05) is 0 Å². The molecule has 4 heteroatoms. The largest absolute Gasteiger partial charge is 0.344 e. The van der Waals surface area contributed by atoms with Crippen molar-refractivity contribution in [2.24, 2.45) is 5.92 Å². The van der Waals surface area contributed by atoms with Gasteiger partial charge >= 0.3 is 0 Å². The quantitative estimate of drug-likeness (QED) is 0.747. The molecule has 1 aliphatic heterocycles. The van der Waals surface area contributed by atoms with Gasteiger partial charge in [-0.3, -0.25) is 0 Å². The van der Waals surface area contributed by atoms with Crippen LogP contribution in [0.4, 0.5) is 0 Å². The van der Waals surface area contributed by atoms with Crippen LogP contribution < -0.4 is 11.5 Å². The van der Waals surface area contributed by atoms with E-state index in [-0.39, 0.29) is 31.0 Å². The minimum atomic E-state index is 0. The Morgan fingerprint density at radius 3 is 2.08 bits per heavy atom. The molecule has 0 atom stereocenters. The molecule has 0 unspecified atom stereocenters. The molecule has 0 aromatic carbocycles. The molecule has 1 fully saturated rings. The highest BCUT2D eigenvalue weighted by Crippen LogP contribution is 2.16. The second-order valence-electron chi connectivity index (χ2n) is 2.98. The lowest BCUT2D eigenvalue weighted by Crippen LogP contribution is -2.27. The Balaban J connectivity index is -0.000000270. The van der Waals surface area contributed by atoms with Crippen LogP contribution in [0.5, 0.6) is 0 Å². The number of halogens is 2. The lowest BCUT2D eigenvalue weighted by Gasteiger charge is -2.21. The summed E-state index contributed by atoms with van der Waals surface area (Å²) in [6.07, 6.45) is 5.63. The van der Waals surface area contributed by atoms with Gasteiger partial charge in [-0.15, -0.1) is 24.8 Å². The van der Waals surface area contributed by atoms with Crippen molar-refractivity contribution in [3.05, 3.63) is 0 Å². The number of hydrogen-bond acceptors (Lipinski definition) is 2. The Morgan fingerprint density at radius 1 is 1.17 bits per heavy atom. The van der Waals surface area contributed by atoms with Crippen molar-refractivity contribution in [2.75, 3.05) is 13.1 Å². The first-order valence-electron chi connectivity index (χ1n) is 4.14. The van der Waals surface area contributed by atoms with E-state index in [0.29, 0.717) is 0 Å². The van der Waals surface area contributed by atoms with Gasteiger partial charge in [-0.25, -0.2) is 0 Å². The average Bonchev–Trinajstić information content (AvgIpc) is 1.91. The van der Waals surface area contributed by atoms with Crippen molar-refractivity contribution in [1.82, 2.24) is 11.5 Å². The van der Waals surface area contributed by atoms with Crippen molar-refractivity contribution in [2.45, 2.75) is 32.6 Å². The standard InChI is InChI=1S/C8H17N.2ClH.H3N/c1-2-3-8-4-6-9-7-5-8;;;/h8-9H,2-7H2,1H3;2*1H;1H3. The molecular weight excluding hydrogens is 195 g/mol. The monoisotopic (exact) mass is 216 g/mol. The maximum atomic E-state index is 3.37. The van der Waals surface area contributed by atoms with E-state index in [9.17, 15) is 0 Å². The van der Waals surface area contributed by atoms with Crippen LogP contribution in [-0.4, -0.2) is 13.1 Å². The van der Waals surface area contributed by atoms with Crippen LogP contribution in [0.15, 0.2) is 0 Å². The van der Waals surface area contributed by atoms with Gasteiger partial charge in [0, 0.05) is 0 Å². The first-order valence-corrected chi connectivity index (χ1v) is 4.14. The van der Waals surface area contributed by atoms with Crippen molar-refractivity contribution >= 4 is 24.8 Å². The molecule has 1 saturated heterocycles. The van der Waals surface area contributed by atoms with E-state index >= 15 is 0 Å². The highest BCUT2D eigenvalue weighted by atomic mass is 35.5. The fourth-order valence-corrected chi connectivity index (χ4v) is 1.58. The maximum Gasteiger partial charge on any atom is -0.00463 e. The molecular formula is C8H22Cl2N2. The van der Waals surface area contributed by atoms with Gasteiger partial charge in [0.05, 0.1) is 0 Å². The van der Waals surface area contributed by atoms with Gasteiger partial charge in [0.15, 0.2) is 0 Å². The topological polar surface area (TPSA) is 47.0 Å². The lowest BCUT2D eigenvalue weighted by molar-refractivity contribution is 0.351. The third-order valence-electron chi connectivity index (χ3n) is 2.16. The molecule has 12 heavy (non-hydrogen) atoms. The number of nitrogens with one attached hydrogen (secondary N) is 1. The first-order chi connectivity index (χ1) is 4.43. The van der Waals surface area contributed by atoms with Gasteiger partial charge in [-0.05, 0) is 31.8 Å². The van der Waals surface area contributed by atoms with E-state index in [2.05, 4.69) is 12.2 Å². The Morgan fingerprint density at radius 2 is 1.67 bits per heavy atom. The fraction of sp³-hybridized carbons (Fsp3) is 1.00. The zero-order valence-corrected chi connectivity index (χ0v) is 9.48. The summed E-state index contributed by atoms with van der Waals surface area (Å²) >= 11 is 0. The van der Waals surface area contributed by atoms with E-state index in [1.54, 1.807) is 0 Å². The zero-order chi connectivity index (χ0) is 6.53. The van der Waals surface area contributed by atoms with Crippen molar-refractivity contribution in [1.29, 1.82) is 0 Å². The summed E-state index contributed by atoms with van der Waals surface area (Å²) in [5, 5.41) is 3.37. The second kappa shape index (κ2) is 11.5. The van der Waals surface area contributed by atoms with Crippen LogP contribution in [0.1, 0.15) is 32.6 Å². The Labute approximate surface area is 88.3 Å². The summed E-state index contributed by atoms with van der Waals surface area (Å²) in [5.74, 6) is 1.04.